The molecule has 0 N–H and O–H groups in total. The van der Waals surface area contributed by atoms with Crippen molar-refractivity contribution in [3.05, 3.63) is 53.6 Å². The summed E-state index contributed by atoms with van der Waals surface area (Å²) in [6, 6.07) is 13.9. The van der Waals surface area contributed by atoms with Crippen LogP contribution in [0.25, 0.3) is 11.0 Å². The van der Waals surface area contributed by atoms with Crippen molar-refractivity contribution in [3.63, 3.8) is 0 Å². The van der Waals surface area contributed by atoms with Crippen molar-refractivity contribution in [3.8, 4) is 0 Å². The summed E-state index contributed by atoms with van der Waals surface area (Å²) in [5, 5.41) is 0.913. The van der Waals surface area contributed by atoms with Crippen molar-refractivity contribution >= 4 is 32.8 Å². The summed E-state index contributed by atoms with van der Waals surface area (Å²) in [6.07, 6.45) is 0. The Kier molecular flexibility index (Phi) is 6.71. The number of hydrogen-bond acceptors (Lipinski definition) is 4. The molecule has 3 rings (SSSR count). The van der Waals surface area contributed by atoms with Crippen molar-refractivity contribution in [1.82, 2.24) is 13.9 Å². The van der Waals surface area contributed by atoms with Gasteiger partial charge in [0.1, 0.15) is 0 Å². The molecule has 0 bridgehead atoms. The van der Waals surface area contributed by atoms with Gasteiger partial charge < -0.3 is 4.57 Å². The standard InChI is InChI=1S/C22H29N3O2S2/c1-6-24(7-2)29(26,27)19-12-13-21-20(14-19)23-22(25(21)16(3)4)28-15-18-11-9-8-10-17(18)5/h8-14,16H,6-7,15H2,1-5H3. The average Bonchev–Trinajstić information content (AvgIpc) is 3.06. The molecule has 3 aromatic rings. The molecule has 0 fully saturated rings. The van der Waals surface area contributed by atoms with Gasteiger partial charge in [-0.1, -0.05) is 49.9 Å². The van der Waals surface area contributed by atoms with E-state index < -0.39 is 10.0 Å². The molecule has 0 aliphatic heterocycles. The van der Waals surface area contributed by atoms with Crippen LogP contribution < -0.4 is 0 Å². The summed E-state index contributed by atoms with van der Waals surface area (Å²) in [4.78, 5) is 5.11. The van der Waals surface area contributed by atoms with Crippen LogP contribution in [0.1, 0.15) is 44.9 Å². The second-order valence-electron chi connectivity index (χ2n) is 7.31. The van der Waals surface area contributed by atoms with Gasteiger partial charge in [0, 0.05) is 24.9 Å². The number of benzene rings is 2. The van der Waals surface area contributed by atoms with Gasteiger partial charge in [0.2, 0.25) is 10.0 Å². The highest BCUT2D eigenvalue weighted by atomic mass is 32.2. The van der Waals surface area contributed by atoms with Crippen molar-refractivity contribution in [1.29, 1.82) is 0 Å². The van der Waals surface area contributed by atoms with Crippen molar-refractivity contribution in [2.45, 2.75) is 56.5 Å². The maximum atomic E-state index is 12.9. The Bertz CT molecular complexity index is 1100. The summed E-state index contributed by atoms with van der Waals surface area (Å²) >= 11 is 1.69. The van der Waals surface area contributed by atoms with Gasteiger partial charge in [-0.05, 0) is 50.1 Å². The molecule has 2 aromatic carbocycles. The molecule has 0 aliphatic rings. The van der Waals surface area contributed by atoms with Crippen molar-refractivity contribution in [2.75, 3.05) is 13.1 Å². The van der Waals surface area contributed by atoms with Crippen LogP contribution in [-0.4, -0.2) is 35.4 Å². The Balaban J connectivity index is 2.01. The Hall–Kier alpha value is -1.83. The van der Waals surface area contributed by atoms with Crippen LogP contribution >= 0.6 is 11.8 Å². The molecule has 0 atom stereocenters. The minimum absolute atomic E-state index is 0.226. The van der Waals surface area contributed by atoms with Crippen LogP contribution in [0.15, 0.2) is 52.5 Å². The first-order valence-electron chi connectivity index (χ1n) is 9.99. The van der Waals surface area contributed by atoms with Crippen LogP contribution in [0.5, 0.6) is 0 Å². The van der Waals surface area contributed by atoms with E-state index in [4.69, 9.17) is 4.98 Å². The van der Waals surface area contributed by atoms with Gasteiger partial charge in [0.05, 0.1) is 15.9 Å². The lowest BCUT2D eigenvalue weighted by Gasteiger charge is -2.18. The van der Waals surface area contributed by atoms with Gasteiger partial charge in [0.15, 0.2) is 5.16 Å². The first-order chi connectivity index (χ1) is 13.8. The van der Waals surface area contributed by atoms with Gasteiger partial charge in [-0.3, -0.25) is 0 Å². The molecule has 0 radical (unpaired) electrons. The first kappa shape index (κ1) is 21.9. The van der Waals surface area contributed by atoms with E-state index in [0.29, 0.717) is 18.0 Å². The molecular weight excluding hydrogens is 402 g/mol. The van der Waals surface area contributed by atoms with Gasteiger partial charge in [-0.15, -0.1) is 0 Å². The van der Waals surface area contributed by atoms with Gasteiger partial charge >= 0.3 is 0 Å². The zero-order valence-electron chi connectivity index (χ0n) is 17.7. The van der Waals surface area contributed by atoms with Crippen LogP contribution in [-0.2, 0) is 15.8 Å². The van der Waals surface area contributed by atoms with E-state index in [1.54, 1.807) is 23.9 Å². The Morgan fingerprint density at radius 2 is 1.79 bits per heavy atom. The third-order valence-corrected chi connectivity index (χ3v) is 8.15. The molecule has 5 nitrogen and oxygen atoms in total. The molecule has 1 heterocycles. The summed E-state index contributed by atoms with van der Waals surface area (Å²) in [5.41, 5.74) is 4.23. The molecule has 7 heteroatoms. The quantitative estimate of drug-likeness (QED) is 0.457. The predicted molar refractivity (Wildman–Crippen MR) is 121 cm³/mol. The molecule has 0 aliphatic carbocycles. The Morgan fingerprint density at radius 3 is 2.41 bits per heavy atom. The van der Waals surface area contributed by atoms with E-state index in [1.807, 2.05) is 26.0 Å². The Morgan fingerprint density at radius 1 is 1.10 bits per heavy atom. The molecule has 0 saturated heterocycles. The minimum Gasteiger partial charge on any atom is -0.316 e. The maximum absolute atomic E-state index is 12.9. The number of rotatable bonds is 8. The average molecular weight is 432 g/mol. The lowest BCUT2D eigenvalue weighted by atomic mass is 10.1. The summed E-state index contributed by atoms with van der Waals surface area (Å²) in [6.45, 7) is 11.0. The van der Waals surface area contributed by atoms with Crippen LogP contribution in [0.4, 0.5) is 0 Å². The number of thioether (sulfide) groups is 1. The minimum atomic E-state index is -3.50. The normalized spacial score (nSPS) is 12.4. The number of imidazole rings is 1. The third-order valence-electron chi connectivity index (χ3n) is 5.11. The SMILES string of the molecule is CCN(CC)S(=O)(=O)c1ccc2c(c1)nc(SCc1ccccc1C)n2C(C)C. The van der Waals surface area contributed by atoms with Crippen molar-refractivity contribution in [2.24, 2.45) is 0 Å². The highest BCUT2D eigenvalue weighted by Crippen LogP contribution is 2.32. The molecule has 156 valence electrons. The van der Waals surface area contributed by atoms with Crippen LogP contribution in [0.2, 0.25) is 0 Å². The fourth-order valence-corrected chi connectivity index (χ4v) is 6.14. The number of aromatic nitrogens is 2. The number of fused-ring (bicyclic) bond motifs is 1. The summed E-state index contributed by atoms with van der Waals surface area (Å²) < 4.78 is 29.5. The lowest BCUT2D eigenvalue weighted by Crippen LogP contribution is -2.30. The smallest absolute Gasteiger partial charge is 0.243 e. The fourth-order valence-electron chi connectivity index (χ4n) is 3.44. The van der Waals surface area contributed by atoms with E-state index >= 15 is 0 Å². The van der Waals surface area contributed by atoms with E-state index in [2.05, 4.69) is 43.5 Å². The zero-order chi connectivity index (χ0) is 21.2. The number of hydrogen-bond donors (Lipinski definition) is 0. The fraction of sp³-hybridized carbons (Fsp3) is 0.409. The van der Waals surface area contributed by atoms with Crippen LogP contribution in [0.3, 0.4) is 0 Å². The highest BCUT2D eigenvalue weighted by Gasteiger charge is 2.23. The summed E-state index contributed by atoms with van der Waals surface area (Å²) in [7, 11) is -3.50. The maximum Gasteiger partial charge on any atom is 0.243 e. The molecular formula is C22H29N3O2S2. The van der Waals surface area contributed by atoms with Crippen LogP contribution in [0, 0.1) is 6.92 Å². The van der Waals surface area contributed by atoms with Gasteiger partial charge in [-0.2, -0.15) is 4.31 Å². The zero-order valence-corrected chi connectivity index (χ0v) is 19.3. The van der Waals surface area contributed by atoms with Crippen molar-refractivity contribution < 1.29 is 8.42 Å². The second kappa shape index (κ2) is 8.90. The Labute approximate surface area is 178 Å². The van der Waals surface area contributed by atoms with Gasteiger partial charge in [0.25, 0.3) is 0 Å². The molecule has 0 saturated carbocycles. The van der Waals surface area contributed by atoms with E-state index in [9.17, 15) is 8.42 Å². The predicted octanol–water partition coefficient (Wildman–Crippen LogP) is 5.25. The lowest BCUT2D eigenvalue weighted by molar-refractivity contribution is 0.445. The molecule has 0 amide bonds. The molecule has 0 unspecified atom stereocenters. The monoisotopic (exact) mass is 431 g/mol. The van der Waals surface area contributed by atoms with Gasteiger partial charge in [-0.25, -0.2) is 13.4 Å². The largest absolute Gasteiger partial charge is 0.316 e. The molecule has 1 aromatic heterocycles. The number of sulfonamides is 1. The van der Waals surface area contributed by atoms with E-state index in [-0.39, 0.29) is 6.04 Å². The number of nitrogens with zero attached hydrogens (tertiary/aromatic N) is 3. The highest BCUT2D eigenvalue weighted by molar-refractivity contribution is 7.98. The summed E-state index contributed by atoms with van der Waals surface area (Å²) in [5.74, 6) is 0.827. The topological polar surface area (TPSA) is 55.2 Å². The molecule has 0 spiro atoms. The third kappa shape index (κ3) is 4.37. The molecule has 29 heavy (non-hydrogen) atoms. The van der Waals surface area contributed by atoms with E-state index in [0.717, 1.165) is 21.9 Å². The number of aryl methyl sites for hydroxylation is 1. The van der Waals surface area contributed by atoms with E-state index in [1.165, 1.54) is 15.4 Å². The second-order valence-corrected chi connectivity index (χ2v) is 10.2. The first-order valence-corrected chi connectivity index (χ1v) is 12.4.